The van der Waals surface area contributed by atoms with Crippen LogP contribution in [-0.2, 0) is 6.42 Å². The zero-order valence-electron chi connectivity index (χ0n) is 9.30. The molecule has 0 radical (unpaired) electrons. The minimum atomic E-state index is 0.614. The number of thiazole rings is 1. The van der Waals surface area contributed by atoms with Crippen molar-refractivity contribution in [2.24, 2.45) is 0 Å². The highest BCUT2D eigenvalue weighted by Gasteiger charge is 2.04. The monoisotopic (exact) mass is 235 g/mol. The molecule has 0 aromatic carbocycles. The fourth-order valence-electron chi connectivity index (χ4n) is 1.34. The van der Waals surface area contributed by atoms with Crippen molar-refractivity contribution in [2.75, 3.05) is 6.61 Å². The number of hydrogen-bond donors (Lipinski definition) is 0. The summed E-state index contributed by atoms with van der Waals surface area (Å²) in [4.78, 5) is 13.7. The van der Waals surface area contributed by atoms with Gasteiger partial charge < -0.3 is 4.74 Å². The third kappa shape index (κ3) is 2.55. The maximum atomic E-state index is 5.57. The van der Waals surface area contributed by atoms with E-state index in [-0.39, 0.29) is 0 Å². The second-order valence-electron chi connectivity index (χ2n) is 3.41. The molecule has 5 heteroatoms. The molecule has 2 aromatic rings. The molecule has 0 unspecified atom stereocenters. The van der Waals surface area contributed by atoms with Crippen LogP contribution < -0.4 is 4.74 Å². The number of nitrogens with zero attached hydrogens (tertiary/aromatic N) is 3. The largest absolute Gasteiger partial charge is 0.476 e. The third-order valence-corrected chi connectivity index (χ3v) is 3.24. The first kappa shape index (κ1) is 11.0. The Morgan fingerprint density at radius 3 is 2.62 bits per heavy atom. The van der Waals surface area contributed by atoms with Crippen molar-refractivity contribution in [3.63, 3.8) is 0 Å². The van der Waals surface area contributed by atoms with Gasteiger partial charge in [-0.25, -0.2) is 9.97 Å². The van der Waals surface area contributed by atoms with Gasteiger partial charge in [0.1, 0.15) is 0 Å². The summed E-state index contributed by atoms with van der Waals surface area (Å²) in [6.45, 7) is 4.52. The van der Waals surface area contributed by atoms with E-state index in [1.807, 2.05) is 19.4 Å². The Labute approximate surface area is 98.4 Å². The lowest BCUT2D eigenvalue weighted by atomic mass is 10.3. The Bertz CT molecular complexity index is 470. The van der Waals surface area contributed by atoms with Gasteiger partial charge in [0.05, 0.1) is 23.5 Å². The Morgan fingerprint density at radius 1 is 1.12 bits per heavy atom. The second kappa shape index (κ2) is 5.03. The van der Waals surface area contributed by atoms with Gasteiger partial charge in [-0.2, -0.15) is 0 Å². The molecule has 0 aliphatic carbocycles. The van der Waals surface area contributed by atoms with Crippen LogP contribution in [0.5, 0.6) is 5.88 Å². The van der Waals surface area contributed by atoms with Gasteiger partial charge in [0.2, 0.25) is 5.88 Å². The lowest BCUT2D eigenvalue weighted by Crippen LogP contribution is -2.04. The van der Waals surface area contributed by atoms with Gasteiger partial charge in [-0.1, -0.05) is 0 Å². The summed E-state index contributed by atoms with van der Waals surface area (Å²) < 4.78 is 5.57. The van der Waals surface area contributed by atoms with E-state index in [4.69, 9.17) is 4.74 Å². The standard InChI is InChI=1S/C11H13N3OS/c1-8-10(16-7-14-8)3-6-15-11-9(2)12-4-5-13-11/h4-5,7H,3,6H2,1-2H3. The molecule has 0 aliphatic heterocycles. The van der Waals surface area contributed by atoms with Crippen LogP contribution in [0.2, 0.25) is 0 Å². The summed E-state index contributed by atoms with van der Waals surface area (Å²) in [5.41, 5.74) is 3.77. The first-order chi connectivity index (χ1) is 7.77. The number of rotatable bonds is 4. The van der Waals surface area contributed by atoms with E-state index < -0.39 is 0 Å². The van der Waals surface area contributed by atoms with E-state index in [0.717, 1.165) is 17.8 Å². The molecule has 0 fully saturated rings. The minimum Gasteiger partial charge on any atom is -0.476 e. The fourth-order valence-corrected chi connectivity index (χ4v) is 2.11. The van der Waals surface area contributed by atoms with Crippen molar-refractivity contribution in [1.82, 2.24) is 15.0 Å². The number of hydrogen-bond acceptors (Lipinski definition) is 5. The summed E-state index contributed by atoms with van der Waals surface area (Å²) in [6.07, 6.45) is 4.17. The average Bonchev–Trinajstić information content (AvgIpc) is 2.67. The van der Waals surface area contributed by atoms with Crippen molar-refractivity contribution in [3.8, 4) is 5.88 Å². The molecule has 0 N–H and O–H groups in total. The Kier molecular flexibility index (Phi) is 3.46. The predicted octanol–water partition coefficient (Wildman–Crippen LogP) is 2.17. The quantitative estimate of drug-likeness (QED) is 0.815. The third-order valence-electron chi connectivity index (χ3n) is 2.25. The highest BCUT2D eigenvalue weighted by Crippen LogP contribution is 2.14. The topological polar surface area (TPSA) is 47.9 Å². The van der Waals surface area contributed by atoms with Crippen LogP contribution in [0.25, 0.3) is 0 Å². The molecule has 0 aliphatic rings. The van der Waals surface area contributed by atoms with Crippen LogP contribution in [0.4, 0.5) is 0 Å². The zero-order valence-corrected chi connectivity index (χ0v) is 10.1. The molecule has 0 amide bonds. The smallest absolute Gasteiger partial charge is 0.235 e. The van der Waals surface area contributed by atoms with Crippen molar-refractivity contribution >= 4 is 11.3 Å². The highest BCUT2D eigenvalue weighted by atomic mass is 32.1. The molecule has 0 atom stereocenters. The van der Waals surface area contributed by atoms with Crippen LogP contribution in [0.1, 0.15) is 16.3 Å². The van der Waals surface area contributed by atoms with Crippen LogP contribution in [-0.4, -0.2) is 21.6 Å². The van der Waals surface area contributed by atoms with E-state index in [9.17, 15) is 0 Å². The second-order valence-corrected chi connectivity index (χ2v) is 4.35. The van der Waals surface area contributed by atoms with Crippen LogP contribution in [0, 0.1) is 13.8 Å². The van der Waals surface area contributed by atoms with Crippen LogP contribution in [0.15, 0.2) is 17.9 Å². The van der Waals surface area contributed by atoms with Gasteiger partial charge in [-0.05, 0) is 13.8 Å². The highest BCUT2D eigenvalue weighted by molar-refractivity contribution is 7.09. The summed E-state index contributed by atoms with van der Waals surface area (Å²) in [7, 11) is 0. The predicted molar refractivity (Wildman–Crippen MR) is 62.8 cm³/mol. The Hall–Kier alpha value is -1.49. The molecule has 4 nitrogen and oxygen atoms in total. The SMILES string of the molecule is Cc1nccnc1OCCc1scnc1C. The maximum Gasteiger partial charge on any atom is 0.235 e. The maximum absolute atomic E-state index is 5.57. The van der Waals surface area contributed by atoms with E-state index in [0.29, 0.717) is 12.5 Å². The van der Waals surface area contributed by atoms with Crippen molar-refractivity contribution in [1.29, 1.82) is 0 Å². The number of aromatic nitrogens is 3. The summed E-state index contributed by atoms with van der Waals surface area (Å²) in [5.74, 6) is 0.615. The van der Waals surface area contributed by atoms with Crippen molar-refractivity contribution < 1.29 is 4.74 Å². The van der Waals surface area contributed by atoms with Gasteiger partial charge in [0, 0.05) is 23.7 Å². The van der Waals surface area contributed by atoms with Gasteiger partial charge in [-0.3, -0.25) is 4.98 Å². The molecule has 0 bridgehead atoms. The zero-order chi connectivity index (χ0) is 11.4. The molecule has 2 heterocycles. The molecular weight excluding hydrogens is 222 g/mol. The van der Waals surface area contributed by atoms with Crippen LogP contribution >= 0.6 is 11.3 Å². The van der Waals surface area contributed by atoms with E-state index >= 15 is 0 Å². The number of aryl methyl sites for hydroxylation is 2. The molecule has 0 saturated heterocycles. The summed E-state index contributed by atoms with van der Waals surface area (Å²) in [5, 5.41) is 0. The summed E-state index contributed by atoms with van der Waals surface area (Å²) >= 11 is 1.66. The van der Waals surface area contributed by atoms with E-state index in [2.05, 4.69) is 15.0 Å². The molecule has 2 aromatic heterocycles. The normalized spacial score (nSPS) is 10.4. The lowest BCUT2D eigenvalue weighted by molar-refractivity contribution is 0.306. The Balaban J connectivity index is 1.89. The van der Waals surface area contributed by atoms with Crippen molar-refractivity contribution in [2.45, 2.75) is 20.3 Å². The molecule has 2 rings (SSSR count). The molecular formula is C11H13N3OS. The van der Waals surface area contributed by atoms with Gasteiger partial charge in [-0.15, -0.1) is 11.3 Å². The molecule has 16 heavy (non-hydrogen) atoms. The van der Waals surface area contributed by atoms with E-state index in [1.54, 1.807) is 23.7 Å². The van der Waals surface area contributed by atoms with Gasteiger partial charge >= 0.3 is 0 Å². The van der Waals surface area contributed by atoms with Crippen molar-refractivity contribution in [3.05, 3.63) is 34.2 Å². The van der Waals surface area contributed by atoms with E-state index in [1.165, 1.54) is 4.88 Å². The Morgan fingerprint density at radius 2 is 1.94 bits per heavy atom. The van der Waals surface area contributed by atoms with Gasteiger partial charge in [0.25, 0.3) is 0 Å². The number of ether oxygens (including phenoxy) is 1. The lowest BCUT2D eigenvalue weighted by Gasteiger charge is -2.05. The van der Waals surface area contributed by atoms with Crippen LogP contribution in [0.3, 0.4) is 0 Å². The molecule has 0 spiro atoms. The first-order valence-electron chi connectivity index (χ1n) is 5.06. The minimum absolute atomic E-state index is 0.614. The average molecular weight is 235 g/mol. The first-order valence-corrected chi connectivity index (χ1v) is 5.94. The molecule has 84 valence electrons. The van der Waals surface area contributed by atoms with Gasteiger partial charge in [0.15, 0.2) is 0 Å². The summed E-state index contributed by atoms with van der Waals surface area (Å²) in [6, 6.07) is 0. The fraction of sp³-hybridized carbons (Fsp3) is 0.364. The molecule has 0 saturated carbocycles.